The Morgan fingerprint density at radius 2 is 1.30 bits per heavy atom. The molecule has 0 bridgehead atoms. The van der Waals surface area contributed by atoms with Crippen LogP contribution in [0.1, 0.15) is 57.8 Å². The first kappa shape index (κ1) is 28.1. The van der Waals surface area contributed by atoms with Gasteiger partial charge in [-0.05, 0) is 64.6 Å². The number of nitrogens with one attached hydrogen (secondary N) is 2. The standard InChI is InChI=1S/C19H40N6O5/c20-10-4-1-7-14(13-30-19(28)29)24-18(27)16(9-3-6-12-22)25-17(26)15(23)8-2-5-11-21/h14-16H,1-13,20-23H2,(H,24,27)(H,25,26)(H,28,29)/t14-,15-,16+/m1/s1. The van der Waals surface area contributed by atoms with Crippen LogP contribution in [0.25, 0.3) is 0 Å². The highest BCUT2D eigenvalue weighted by molar-refractivity contribution is 5.89. The summed E-state index contributed by atoms with van der Waals surface area (Å²) in [7, 11) is 0. The van der Waals surface area contributed by atoms with E-state index in [1.54, 1.807) is 0 Å². The first-order valence-corrected chi connectivity index (χ1v) is 10.7. The van der Waals surface area contributed by atoms with Gasteiger partial charge in [0.1, 0.15) is 12.6 Å². The lowest BCUT2D eigenvalue weighted by Gasteiger charge is -2.24. The second-order valence-corrected chi connectivity index (χ2v) is 7.30. The molecule has 0 aromatic heterocycles. The van der Waals surface area contributed by atoms with Crippen molar-refractivity contribution in [3.05, 3.63) is 0 Å². The first-order chi connectivity index (χ1) is 14.3. The summed E-state index contributed by atoms with van der Waals surface area (Å²) in [6.07, 6.45) is 4.30. The number of rotatable bonds is 18. The Bertz CT molecular complexity index is 494. The fourth-order valence-corrected chi connectivity index (χ4v) is 2.89. The molecule has 11 N–H and O–H groups in total. The third-order valence-electron chi connectivity index (χ3n) is 4.65. The summed E-state index contributed by atoms with van der Waals surface area (Å²) in [5.74, 6) is -0.803. The van der Waals surface area contributed by atoms with Crippen molar-refractivity contribution in [3.8, 4) is 0 Å². The number of ether oxygens (including phenoxy) is 1. The van der Waals surface area contributed by atoms with Gasteiger partial charge < -0.3 is 43.4 Å². The van der Waals surface area contributed by atoms with Crippen LogP contribution >= 0.6 is 0 Å². The van der Waals surface area contributed by atoms with Gasteiger partial charge in [0.25, 0.3) is 0 Å². The Morgan fingerprint density at radius 1 is 0.767 bits per heavy atom. The van der Waals surface area contributed by atoms with E-state index in [4.69, 9.17) is 28.0 Å². The highest BCUT2D eigenvalue weighted by Crippen LogP contribution is 2.07. The van der Waals surface area contributed by atoms with Crippen molar-refractivity contribution in [2.24, 2.45) is 22.9 Å². The maximum atomic E-state index is 12.8. The molecule has 0 saturated heterocycles. The fraction of sp³-hybridized carbons (Fsp3) is 0.842. The molecule has 0 aliphatic rings. The lowest BCUT2D eigenvalue weighted by atomic mass is 10.0. The van der Waals surface area contributed by atoms with Crippen molar-refractivity contribution >= 4 is 18.0 Å². The van der Waals surface area contributed by atoms with Gasteiger partial charge >= 0.3 is 6.16 Å². The van der Waals surface area contributed by atoms with E-state index in [0.29, 0.717) is 58.2 Å². The highest BCUT2D eigenvalue weighted by atomic mass is 16.7. The number of nitrogens with two attached hydrogens (primary N) is 4. The Kier molecular flexibility index (Phi) is 16.7. The Morgan fingerprint density at radius 3 is 1.83 bits per heavy atom. The van der Waals surface area contributed by atoms with Crippen LogP contribution in [0.15, 0.2) is 0 Å². The van der Waals surface area contributed by atoms with Gasteiger partial charge in [-0.25, -0.2) is 4.79 Å². The number of amides is 2. The van der Waals surface area contributed by atoms with Crippen molar-refractivity contribution in [2.75, 3.05) is 26.2 Å². The molecule has 0 saturated carbocycles. The molecule has 0 aromatic rings. The lowest BCUT2D eigenvalue weighted by Crippen LogP contribution is -2.54. The third-order valence-corrected chi connectivity index (χ3v) is 4.65. The maximum Gasteiger partial charge on any atom is 0.505 e. The molecule has 0 aromatic carbocycles. The molecule has 0 heterocycles. The molecule has 0 unspecified atom stereocenters. The Hall–Kier alpha value is -1.95. The maximum absolute atomic E-state index is 12.8. The largest absolute Gasteiger partial charge is 0.505 e. The lowest BCUT2D eigenvalue weighted by molar-refractivity contribution is -0.130. The van der Waals surface area contributed by atoms with E-state index >= 15 is 0 Å². The van der Waals surface area contributed by atoms with E-state index in [0.717, 1.165) is 19.3 Å². The van der Waals surface area contributed by atoms with Crippen LogP contribution in [0.3, 0.4) is 0 Å². The van der Waals surface area contributed by atoms with E-state index in [1.807, 2.05) is 0 Å². The molecule has 0 fully saturated rings. The molecule has 0 spiro atoms. The van der Waals surface area contributed by atoms with Gasteiger partial charge in [0, 0.05) is 0 Å². The molecule has 0 aliphatic carbocycles. The quantitative estimate of drug-likeness (QED) is 0.108. The SMILES string of the molecule is NCCCC[C@H](COC(=O)O)NC(=O)[C@H](CCCCN)NC(=O)[C@H](N)CCCCN. The van der Waals surface area contributed by atoms with Gasteiger partial charge in [0.05, 0.1) is 12.1 Å². The zero-order chi connectivity index (χ0) is 22.8. The second-order valence-electron chi connectivity index (χ2n) is 7.30. The van der Waals surface area contributed by atoms with E-state index in [2.05, 4.69) is 15.4 Å². The molecule has 30 heavy (non-hydrogen) atoms. The van der Waals surface area contributed by atoms with Crippen molar-refractivity contribution in [3.63, 3.8) is 0 Å². The fourth-order valence-electron chi connectivity index (χ4n) is 2.89. The third kappa shape index (κ3) is 14.1. The Labute approximate surface area is 178 Å². The van der Waals surface area contributed by atoms with E-state index in [9.17, 15) is 14.4 Å². The molecule has 11 heteroatoms. The van der Waals surface area contributed by atoms with Crippen LogP contribution in [0.2, 0.25) is 0 Å². The van der Waals surface area contributed by atoms with Gasteiger partial charge in [-0.1, -0.05) is 12.8 Å². The molecule has 3 atom stereocenters. The molecular formula is C19H40N6O5. The van der Waals surface area contributed by atoms with Crippen molar-refractivity contribution in [1.82, 2.24) is 10.6 Å². The topological polar surface area (TPSA) is 209 Å². The monoisotopic (exact) mass is 432 g/mol. The van der Waals surface area contributed by atoms with Crippen LogP contribution in [0, 0.1) is 0 Å². The molecular weight excluding hydrogens is 392 g/mol. The summed E-state index contributed by atoms with van der Waals surface area (Å²) in [6, 6.07) is -2.02. The minimum absolute atomic E-state index is 0.173. The van der Waals surface area contributed by atoms with E-state index in [-0.39, 0.29) is 6.61 Å². The summed E-state index contributed by atoms with van der Waals surface area (Å²) in [5, 5.41) is 14.2. The Balaban J connectivity index is 4.95. The normalized spacial score (nSPS) is 13.9. The second kappa shape index (κ2) is 17.9. The van der Waals surface area contributed by atoms with Gasteiger partial charge in [0.2, 0.25) is 11.8 Å². The number of unbranched alkanes of at least 4 members (excludes halogenated alkanes) is 3. The number of carbonyl (C=O) groups excluding carboxylic acids is 2. The number of hydrogen-bond acceptors (Lipinski definition) is 8. The van der Waals surface area contributed by atoms with Gasteiger partial charge in [0.15, 0.2) is 0 Å². The van der Waals surface area contributed by atoms with Gasteiger partial charge in [-0.3, -0.25) is 9.59 Å². The molecule has 176 valence electrons. The first-order valence-electron chi connectivity index (χ1n) is 10.7. The van der Waals surface area contributed by atoms with Crippen molar-refractivity contribution < 1.29 is 24.2 Å². The van der Waals surface area contributed by atoms with Crippen LogP contribution < -0.4 is 33.6 Å². The summed E-state index contributed by atoms with van der Waals surface area (Å²) in [6.45, 7) is 1.34. The molecule has 2 amide bonds. The molecule has 0 radical (unpaired) electrons. The van der Waals surface area contributed by atoms with Gasteiger partial charge in [-0.15, -0.1) is 0 Å². The smallest absolute Gasteiger partial charge is 0.450 e. The highest BCUT2D eigenvalue weighted by Gasteiger charge is 2.25. The number of carbonyl (C=O) groups is 3. The zero-order valence-corrected chi connectivity index (χ0v) is 17.8. The summed E-state index contributed by atoms with van der Waals surface area (Å²) in [4.78, 5) is 35.9. The van der Waals surface area contributed by atoms with Crippen LogP contribution in [0.4, 0.5) is 4.79 Å². The summed E-state index contributed by atoms with van der Waals surface area (Å²) in [5.41, 5.74) is 22.4. The van der Waals surface area contributed by atoms with Gasteiger partial charge in [-0.2, -0.15) is 0 Å². The summed E-state index contributed by atoms with van der Waals surface area (Å²) >= 11 is 0. The number of hydrogen-bond donors (Lipinski definition) is 7. The predicted molar refractivity (Wildman–Crippen MR) is 115 cm³/mol. The van der Waals surface area contributed by atoms with Crippen LogP contribution in [-0.2, 0) is 14.3 Å². The van der Waals surface area contributed by atoms with E-state index in [1.165, 1.54) is 0 Å². The van der Waals surface area contributed by atoms with Crippen LogP contribution in [0.5, 0.6) is 0 Å². The minimum Gasteiger partial charge on any atom is -0.450 e. The average molecular weight is 433 g/mol. The predicted octanol–water partition coefficient (Wildman–Crippen LogP) is -0.635. The molecule has 11 nitrogen and oxygen atoms in total. The number of carboxylic acid groups (broad SMARTS) is 1. The molecule has 0 rings (SSSR count). The summed E-state index contributed by atoms with van der Waals surface area (Å²) < 4.78 is 4.62. The minimum atomic E-state index is -1.41. The van der Waals surface area contributed by atoms with Crippen molar-refractivity contribution in [2.45, 2.75) is 75.9 Å². The zero-order valence-electron chi connectivity index (χ0n) is 17.8. The van der Waals surface area contributed by atoms with Crippen molar-refractivity contribution in [1.29, 1.82) is 0 Å². The average Bonchev–Trinajstić information content (AvgIpc) is 2.71. The van der Waals surface area contributed by atoms with Crippen LogP contribution in [-0.4, -0.2) is 67.4 Å². The van der Waals surface area contributed by atoms with E-state index < -0.39 is 36.1 Å². The molecule has 0 aliphatic heterocycles.